The van der Waals surface area contributed by atoms with Crippen LogP contribution >= 0.6 is 11.6 Å². The molecule has 15 rings (SSSR count). The molecule has 1 fully saturated rings. The van der Waals surface area contributed by atoms with Gasteiger partial charge in [-0.25, -0.2) is 27.5 Å². The summed E-state index contributed by atoms with van der Waals surface area (Å²) >= 11 is 5.92. The summed E-state index contributed by atoms with van der Waals surface area (Å²) in [6.07, 6.45) is 0. The quantitative estimate of drug-likeness (QED) is 0.0933. The molecular weight excluding hydrogens is 1130 g/mol. The van der Waals surface area contributed by atoms with Gasteiger partial charge in [-0.05, 0) is 167 Å². The number of nitrogens with one attached hydrogen (secondary N) is 2. The molecule has 430 valence electrons. The number of benzene rings is 6. The SMILES string of the molecule is CNC(=O)c1c(-c2ccc(F)cc2)oc2ccc(-c3ccc4c(n3)-c3cc5c(F)cccc5n3CO4)cc12.CNC(=O)c1c(-c2ccc(F)cc2)oc2ccc(B3OC(C)(C)C(C)(C)O3)cc12.Fc1cccc2c1cc1n2COc2ccc(Cl)nc2-1. The van der Waals surface area contributed by atoms with Crippen molar-refractivity contribution in [2.45, 2.75) is 52.4 Å². The van der Waals surface area contributed by atoms with Crippen LogP contribution in [0.3, 0.4) is 0 Å². The van der Waals surface area contributed by atoms with Gasteiger partial charge in [0.2, 0.25) is 0 Å². The predicted molar refractivity (Wildman–Crippen MR) is 321 cm³/mol. The third-order valence-electron chi connectivity index (χ3n) is 16.0. The van der Waals surface area contributed by atoms with Gasteiger partial charge in [0, 0.05) is 52.3 Å². The smallest absolute Gasteiger partial charge is 0.470 e. The van der Waals surface area contributed by atoms with Gasteiger partial charge in [-0.3, -0.25) is 9.59 Å². The minimum Gasteiger partial charge on any atom is -0.470 e. The maximum atomic E-state index is 14.5. The molecule has 6 aromatic heterocycles. The van der Waals surface area contributed by atoms with Gasteiger partial charge < -0.3 is 47.4 Å². The van der Waals surface area contributed by atoms with Crippen LogP contribution in [0.25, 0.3) is 100 Å². The van der Waals surface area contributed by atoms with Gasteiger partial charge in [0.1, 0.15) is 74.0 Å². The predicted octanol–water partition coefficient (Wildman–Crippen LogP) is 14.5. The van der Waals surface area contributed by atoms with Gasteiger partial charge in [0.15, 0.2) is 13.5 Å². The third kappa shape index (κ3) is 9.66. The number of halogens is 5. The number of fused-ring (bicyclic) bond motifs is 12. The Morgan fingerprint density at radius 2 is 1.00 bits per heavy atom. The molecule has 1 saturated heterocycles. The summed E-state index contributed by atoms with van der Waals surface area (Å²) in [5.41, 5.74) is 8.69. The third-order valence-corrected chi connectivity index (χ3v) is 16.2. The number of ether oxygens (including phenoxy) is 2. The number of nitrogens with zero attached hydrogens (tertiary/aromatic N) is 4. The highest BCUT2D eigenvalue weighted by Gasteiger charge is 2.52. The fourth-order valence-electron chi connectivity index (χ4n) is 10.9. The van der Waals surface area contributed by atoms with Gasteiger partial charge in [-0.15, -0.1) is 0 Å². The summed E-state index contributed by atoms with van der Waals surface area (Å²) in [7, 11) is 2.56. The Balaban J connectivity index is 0.000000126. The van der Waals surface area contributed by atoms with Gasteiger partial charge in [-0.2, -0.15) is 0 Å². The molecule has 0 spiro atoms. The molecule has 12 aromatic rings. The lowest BCUT2D eigenvalue weighted by Crippen LogP contribution is -2.41. The summed E-state index contributed by atoms with van der Waals surface area (Å²) in [6, 6.07) is 43.4. The van der Waals surface area contributed by atoms with Crippen LogP contribution in [0.5, 0.6) is 11.5 Å². The lowest BCUT2D eigenvalue weighted by atomic mass is 9.78. The number of hydrogen-bond donors (Lipinski definition) is 2. The molecule has 86 heavy (non-hydrogen) atoms. The Labute approximate surface area is 494 Å². The number of carbonyl (C=O) groups is 2. The molecular formula is C66H50BClF4N6O8. The number of hydrogen-bond acceptors (Lipinski definition) is 10. The number of furan rings is 2. The lowest BCUT2D eigenvalue weighted by Gasteiger charge is -2.32. The topological polar surface area (TPSA) is 157 Å². The summed E-state index contributed by atoms with van der Waals surface area (Å²) in [5.74, 6) is 0.146. The van der Waals surface area contributed by atoms with E-state index in [9.17, 15) is 27.2 Å². The van der Waals surface area contributed by atoms with E-state index in [0.717, 1.165) is 33.4 Å². The molecule has 14 nitrogen and oxygen atoms in total. The molecule has 6 aromatic carbocycles. The monoisotopic (exact) mass is 1180 g/mol. The fourth-order valence-corrected chi connectivity index (χ4v) is 11.0. The maximum absolute atomic E-state index is 14.5. The molecule has 20 heteroatoms. The Hall–Kier alpha value is -9.69. The van der Waals surface area contributed by atoms with Gasteiger partial charge in [0.05, 0.1) is 50.4 Å². The van der Waals surface area contributed by atoms with Crippen molar-refractivity contribution in [2.24, 2.45) is 0 Å². The maximum Gasteiger partial charge on any atom is 0.494 e. The van der Waals surface area contributed by atoms with E-state index in [0.29, 0.717) is 107 Å². The molecule has 3 aliphatic rings. The van der Waals surface area contributed by atoms with Crippen molar-refractivity contribution in [3.8, 4) is 68.2 Å². The molecule has 0 saturated carbocycles. The van der Waals surface area contributed by atoms with E-state index in [1.54, 1.807) is 86.9 Å². The van der Waals surface area contributed by atoms with Crippen molar-refractivity contribution in [1.82, 2.24) is 29.7 Å². The summed E-state index contributed by atoms with van der Waals surface area (Å²) in [4.78, 5) is 34.8. The van der Waals surface area contributed by atoms with E-state index < -0.39 is 18.3 Å². The Morgan fingerprint density at radius 1 is 0.535 bits per heavy atom. The van der Waals surface area contributed by atoms with Gasteiger partial charge in [-0.1, -0.05) is 35.9 Å². The molecule has 2 N–H and O–H groups in total. The van der Waals surface area contributed by atoms with Crippen LogP contribution in [-0.4, -0.2) is 63.3 Å². The zero-order valence-electron chi connectivity index (χ0n) is 46.9. The number of carbonyl (C=O) groups excluding carboxylic acids is 2. The molecule has 0 radical (unpaired) electrons. The highest BCUT2D eigenvalue weighted by molar-refractivity contribution is 6.62. The summed E-state index contributed by atoms with van der Waals surface area (Å²) in [6.45, 7) is 8.58. The van der Waals surface area contributed by atoms with Crippen molar-refractivity contribution in [3.05, 3.63) is 197 Å². The Morgan fingerprint density at radius 3 is 1.51 bits per heavy atom. The Bertz CT molecular complexity index is 4700. The molecule has 3 aliphatic heterocycles. The zero-order chi connectivity index (χ0) is 59.9. The van der Waals surface area contributed by atoms with Crippen molar-refractivity contribution in [1.29, 1.82) is 0 Å². The molecule has 0 unspecified atom stereocenters. The number of amides is 2. The second-order valence-electron chi connectivity index (χ2n) is 21.7. The molecule has 9 heterocycles. The molecule has 0 bridgehead atoms. The number of rotatable bonds is 6. The van der Waals surface area contributed by atoms with Crippen LogP contribution in [0.4, 0.5) is 17.6 Å². The van der Waals surface area contributed by atoms with Crippen molar-refractivity contribution in [2.75, 3.05) is 14.1 Å². The van der Waals surface area contributed by atoms with Crippen LogP contribution < -0.4 is 25.6 Å². The average molecular weight is 1180 g/mol. The van der Waals surface area contributed by atoms with E-state index in [2.05, 4.69) is 15.6 Å². The minimum absolute atomic E-state index is 0.247. The lowest BCUT2D eigenvalue weighted by molar-refractivity contribution is 0.00578. The van der Waals surface area contributed by atoms with E-state index in [4.69, 9.17) is 44.2 Å². The van der Waals surface area contributed by atoms with Gasteiger partial charge in [0.25, 0.3) is 11.8 Å². The van der Waals surface area contributed by atoms with Crippen LogP contribution in [0.1, 0.15) is 48.4 Å². The van der Waals surface area contributed by atoms with E-state index in [-0.39, 0.29) is 41.8 Å². The largest absolute Gasteiger partial charge is 0.494 e. The van der Waals surface area contributed by atoms with E-state index >= 15 is 0 Å². The first kappa shape index (κ1) is 55.5. The van der Waals surface area contributed by atoms with Crippen LogP contribution in [0, 0.1) is 23.3 Å². The molecule has 2 amide bonds. The Kier molecular flexibility index (Phi) is 13.8. The normalized spacial score (nSPS) is 14.2. The average Bonchev–Trinajstić information content (AvgIpc) is 2.18. The molecule has 0 atom stereocenters. The first-order valence-corrected chi connectivity index (χ1v) is 27.7. The highest BCUT2D eigenvalue weighted by atomic mass is 35.5. The van der Waals surface area contributed by atoms with Crippen LogP contribution in [0.2, 0.25) is 5.15 Å². The standard InChI is InChI=1S/C30H19F2N3O3.C22H23BFNO4.C14H8ClFN2O/c1-33-30(36)27-20-13-17(7-11-25(20)38-29(27)16-5-8-18(31)9-6-16)22-10-12-26-28(34-22)24-14-19-21(32)3-2-4-23(19)35(24)15-37-26;1-21(2)22(3,4)29-23(28-21)14-8-11-17-16(12-14)18(20(26)25-5)19(27-17)13-6-9-15(24)10-7-13;15-13-5-4-12-14(17-13)11-6-8-9(16)2-1-3-10(8)18(11)7-19-12/h2-14H,15H2,1H3,(H,33,36);6-12H,1-5H3,(H,25,26);1-6H,7H2. The highest BCUT2D eigenvalue weighted by Crippen LogP contribution is 2.43. The number of aromatic nitrogens is 4. The van der Waals surface area contributed by atoms with Crippen LogP contribution in [0.15, 0.2) is 167 Å². The summed E-state index contributed by atoms with van der Waals surface area (Å²) < 4.78 is 94.8. The first-order valence-electron chi connectivity index (χ1n) is 27.3. The minimum atomic E-state index is -0.550. The first-order chi connectivity index (χ1) is 41.4. The van der Waals surface area contributed by atoms with Crippen molar-refractivity contribution >= 4 is 79.7 Å². The van der Waals surface area contributed by atoms with E-state index in [1.807, 2.05) is 85.4 Å². The zero-order valence-corrected chi connectivity index (χ0v) is 47.7. The molecule has 0 aliphatic carbocycles. The van der Waals surface area contributed by atoms with E-state index in [1.165, 1.54) is 36.4 Å². The van der Waals surface area contributed by atoms with Crippen molar-refractivity contribution in [3.63, 3.8) is 0 Å². The number of pyridine rings is 2. The summed E-state index contributed by atoms with van der Waals surface area (Å²) in [5, 5.41) is 8.05. The van der Waals surface area contributed by atoms with Gasteiger partial charge >= 0.3 is 7.12 Å². The van der Waals surface area contributed by atoms with Crippen LogP contribution in [-0.2, 0) is 22.8 Å². The van der Waals surface area contributed by atoms with Crippen molar-refractivity contribution < 1.29 is 54.8 Å². The second-order valence-corrected chi connectivity index (χ2v) is 22.1. The second kappa shape index (κ2) is 21.4. The fraction of sp³-hybridized carbons (Fsp3) is 0.152.